The zero-order valence-electron chi connectivity index (χ0n) is 8.41. The fourth-order valence-electron chi connectivity index (χ4n) is 1.15. The zero-order valence-corrected chi connectivity index (χ0v) is 8.41. The maximum absolute atomic E-state index is 10.6. The minimum Gasteiger partial charge on any atom is -0.508 e. The molecule has 3 heteroatoms. The Bertz CT molecular complexity index is 331. The van der Waals surface area contributed by atoms with Gasteiger partial charge in [-0.15, -0.1) is 0 Å². The Morgan fingerprint density at radius 3 is 2.79 bits per heavy atom. The van der Waals surface area contributed by atoms with E-state index in [1.807, 2.05) is 19.1 Å². The fraction of sp³-hybridized carbons (Fsp3) is 0.364. The summed E-state index contributed by atoms with van der Waals surface area (Å²) in [6, 6.07) is 5.32. The molecule has 1 N–H and O–H groups in total. The highest BCUT2D eigenvalue weighted by Crippen LogP contribution is 2.19. The molecule has 1 rings (SSSR count). The van der Waals surface area contributed by atoms with Crippen molar-refractivity contribution < 1.29 is 14.6 Å². The van der Waals surface area contributed by atoms with E-state index in [1.54, 1.807) is 6.07 Å². The molecule has 0 fully saturated rings. The highest BCUT2D eigenvalue weighted by atomic mass is 16.5. The minimum atomic E-state index is -0.341. The summed E-state index contributed by atoms with van der Waals surface area (Å²) in [6.45, 7) is 3.51. The molecule has 0 spiro atoms. The van der Waals surface area contributed by atoms with Gasteiger partial charge in [0.2, 0.25) is 0 Å². The average Bonchev–Trinajstić information content (AvgIpc) is 2.16. The molecule has 0 aliphatic carbocycles. The molecule has 0 atom stereocenters. The second kappa shape index (κ2) is 4.65. The van der Waals surface area contributed by atoms with Crippen LogP contribution in [0.3, 0.4) is 0 Å². The van der Waals surface area contributed by atoms with Gasteiger partial charge < -0.3 is 9.84 Å². The molecule has 0 bridgehead atoms. The van der Waals surface area contributed by atoms with E-state index in [9.17, 15) is 9.90 Å². The number of hydrogen-bond acceptors (Lipinski definition) is 3. The van der Waals surface area contributed by atoms with Crippen molar-refractivity contribution in [2.75, 3.05) is 0 Å². The number of carbonyl (C=O) groups is 1. The molecule has 14 heavy (non-hydrogen) atoms. The molecular formula is C11H14O3. The Kier molecular flexibility index (Phi) is 3.51. The number of esters is 1. The number of benzene rings is 1. The Balaban J connectivity index is 2.78. The lowest BCUT2D eigenvalue weighted by atomic mass is 10.1. The van der Waals surface area contributed by atoms with Crippen LogP contribution in [0.5, 0.6) is 5.75 Å². The molecule has 0 aromatic heterocycles. The van der Waals surface area contributed by atoms with E-state index in [1.165, 1.54) is 6.92 Å². The van der Waals surface area contributed by atoms with Gasteiger partial charge in [0, 0.05) is 12.5 Å². The largest absolute Gasteiger partial charge is 0.508 e. The minimum absolute atomic E-state index is 0.134. The van der Waals surface area contributed by atoms with Crippen LogP contribution >= 0.6 is 0 Å². The van der Waals surface area contributed by atoms with Crippen LogP contribution in [0.25, 0.3) is 0 Å². The van der Waals surface area contributed by atoms with Crippen LogP contribution in [0.15, 0.2) is 18.2 Å². The smallest absolute Gasteiger partial charge is 0.302 e. The van der Waals surface area contributed by atoms with Crippen LogP contribution < -0.4 is 0 Å². The van der Waals surface area contributed by atoms with Crippen LogP contribution in [0.1, 0.15) is 25.0 Å². The molecule has 1 aromatic carbocycles. The van der Waals surface area contributed by atoms with Gasteiger partial charge in [-0.25, -0.2) is 0 Å². The van der Waals surface area contributed by atoms with E-state index in [0.29, 0.717) is 5.56 Å². The van der Waals surface area contributed by atoms with Gasteiger partial charge in [0.15, 0.2) is 0 Å². The first-order valence-corrected chi connectivity index (χ1v) is 4.57. The van der Waals surface area contributed by atoms with Crippen molar-refractivity contribution in [2.24, 2.45) is 0 Å². The second-order valence-corrected chi connectivity index (χ2v) is 3.10. The standard InChI is InChI=1S/C11H14O3/c1-3-9-4-5-11(13)10(6-9)7-14-8(2)12/h4-6,13H,3,7H2,1-2H3. The van der Waals surface area contributed by atoms with Crippen LogP contribution in [-0.4, -0.2) is 11.1 Å². The van der Waals surface area contributed by atoms with Gasteiger partial charge in [-0.05, 0) is 24.1 Å². The van der Waals surface area contributed by atoms with Gasteiger partial charge in [0.25, 0.3) is 0 Å². The zero-order chi connectivity index (χ0) is 10.6. The van der Waals surface area contributed by atoms with Gasteiger partial charge >= 0.3 is 5.97 Å². The first-order valence-electron chi connectivity index (χ1n) is 4.57. The van der Waals surface area contributed by atoms with Crippen LogP contribution in [-0.2, 0) is 22.6 Å². The normalized spacial score (nSPS) is 9.86. The van der Waals surface area contributed by atoms with Gasteiger partial charge in [-0.3, -0.25) is 4.79 Å². The molecule has 0 saturated heterocycles. The number of aryl methyl sites for hydroxylation is 1. The number of aromatic hydroxyl groups is 1. The predicted octanol–water partition coefficient (Wildman–Crippen LogP) is 2.02. The summed E-state index contributed by atoms with van der Waals surface area (Å²) in [4.78, 5) is 10.6. The van der Waals surface area contributed by atoms with Crippen molar-refractivity contribution in [3.8, 4) is 5.75 Å². The van der Waals surface area contributed by atoms with Crippen LogP contribution in [0, 0.1) is 0 Å². The van der Waals surface area contributed by atoms with Crippen LogP contribution in [0.4, 0.5) is 0 Å². The van der Waals surface area contributed by atoms with Crippen molar-refractivity contribution in [3.63, 3.8) is 0 Å². The third-order valence-corrected chi connectivity index (χ3v) is 1.98. The number of ether oxygens (including phenoxy) is 1. The quantitative estimate of drug-likeness (QED) is 0.749. The third-order valence-electron chi connectivity index (χ3n) is 1.98. The van der Waals surface area contributed by atoms with Gasteiger partial charge in [-0.1, -0.05) is 13.0 Å². The molecule has 76 valence electrons. The van der Waals surface area contributed by atoms with E-state index in [2.05, 4.69) is 0 Å². The number of hydrogen-bond donors (Lipinski definition) is 1. The molecule has 3 nitrogen and oxygen atoms in total. The average molecular weight is 194 g/mol. The van der Waals surface area contributed by atoms with Crippen molar-refractivity contribution in [1.82, 2.24) is 0 Å². The maximum atomic E-state index is 10.6. The summed E-state index contributed by atoms with van der Waals surface area (Å²) in [7, 11) is 0. The Morgan fingerprint density at radius 1 is 1.50 bits per heavy atom. The monoisotopic (exact) mass is 194 g/mol. The highest BCUT2D eigenvalue weighted by Gasteiger charge is 2.03. The van der Waals surface area contributed by atoms with E-state index in [-0.39, 0.29) is 18.3 Å². The molecule has 0 radical (unpaired) electrons. The SMILES string of the molecule is CCc1ccc(O)c(COC(C)=O)c1. The van der Waals surface area contributed by atoms with E-state index in [0.717, 1.165) is 12.0 Å². The van der Waals surface area contributed by atoms with Crippen LogP contribution in [0.2, 0.25) is 0 Å². The lowest BCUT2D eigenvalue weighted by Gasteiger charge is -2.06. The summed E-state index contributed by atoms with van der Waals surface area (Å²) < 4.78 is 4.81. The lowest BCUT2D eigenvalue weighted by molar-refractivity contribution is -0.142. The Hall–Kier alpha value is -1.51. The summed E-state index contributed by atoms with van der Waals surface area (Å²) in [5, 5.41) is 9.45. The number of phenolic OH excluding ortho intramolecular Hbond substituents is 1. The van der Waals surface area contributed by atoms with Crippen molar-refractivity contribution in [2.45, 2.75) is 26.9 Å². The number of carbonyl (C=O) groups excluding carboxylic acids is 1. The fourth-order valence-corrected chi connectivity index (χ4v) is 1.15. The molecule has 0 heterocycles. The van der Waals surface area contributed by atoms with Crippen molar-refractivity contribution in [1.29, 1.82) is 0 Å². The van der Waals surface area contributed by atoms with E-state index in [4.69, 9.17) is 4.74 Å². The first kappa shape index (κ1) is 10.6. The molecule has 1 aromatic rings. The van der Waals surface area contributed by atoms with Gasteiger partial charge in [-0.2, -0.15) is 0 Å². The molecule has 0 aliphatic rings. The molecule has 0 amide bonds. The lowest BCUT2D eigenvalue weighted by Crippen LogP contribution is -1.99. The number of phenols is 1. The van der Waals surface area contributed by atoms with E-state index >= 15 is 0 Å². The predicted molar refractivity (Wildman–Crippen MR) is 53.0 cm³/mol. The Morgan fingerprint density at radius 2 is 2.21 bits per heavy atom. The summed E-state index contributed by atoms with van der Waals surface area (Å²) in [5.41, 5.74) is 1.77. The van der Waals surface area contributed by atoms with Gasteiger partial charge in [0.05, 0.1) is 0 Å². The Labute approximate surface area is 83.3 Å². The summed E-state index contributed by atoms with van der Waals surface area (Å²) in [5.74, 6) is -0.172. The van der Waals surface area contributed by atoms with Crippen molar-refractivity contribution >= 4 is 5.97 Å². The molecule has 0 aliphatic heterocycles. The summed E-state index contributed by atoms with van der Waals surface area (Å²) >= 11 is 0. The third kappa shape index (κ3) is 2.76. The topological polar surface area (TPSA) is 46.5 Å². The molecule has 0 unspecified atom stereocenters. The van der Waals surface area contributed by atoms with Crippen molar-refractivity contribution in [3.05, 3.63) is 29.3 Å². The second-order valence-electron chi connectivity index (χ2n) is 3.10. The van der Waals surface area contributed by atoms with E-state index < -0.39 is 0 Å². The summed E-state index contributed by atoms with van der Waals surface area (Å²) in [6.07, 6.45) is 0.896. The maximum Gasteiger partial charge on any atom is 0.302 e. The first-order chi connectivity index (χ1) is 6.63. The highest BCUT2D eigenvalue weighted by molar-refractivity contribution is 5.66. The molecule has 0 saturated carbocycles. The van der Waals surface area contributed by atoms with Gasteiger partial charge in [0.1, 0.15) is 12.4 Å². The number of rotatable bonds is 3. The molecular weight excluding hydrogens is 180 g/mol.